The number of nitrogens with zero attached hydrogens (tertiary/aromatic N) is 5. The molecule has 0 saturated heterocycles. The van der Waals surface area contributed by atoms with Crippen LogP contribution in [-0.2, 0) is 0 Å². The number of carbonyl (C=O) groups excluding carboxylic acids is 3. The standard InChI is InChI=1S/C84H85N7O7/c1-12-14-15-16-18-65(17-13-2)95-66-39-31-58(32-40-66)81-76-53-51-74(87-76)79(56-21-27-60(28-22-56)83(93)97-68-43-35-63(36-44-68)90(6,7)8)72-49-47-70(85-72)78(55-19-25-59(26-20-55)82(92)96-67-41-33-62(34-42-67)89(3,4)5)71-48-50-73(86-71)80(75-52-54-77(81)88-75)57-23-29-61(30-24-57)84(94)98-69-45-37-64(38-46-69)91(9,10)11/h19-54,65H,12-18H2,1-11H3,(H-,85,86,87,88,92,93,94)/q+2/p+1. The summed E-state index contributed by atoms with van der Waals surface area (Å²) in [6, 6.07) is 61.5. The summed E-state index contributed by atoms with van der Waals surface area (Å²) in [7, 11) is 18.8. The fourth-order valence-electron chi connectivity index (χ4n) is 12.4. The second-order valence-electron chi connectivity index (χ2n) is 27.8. The molecule has 2 aliphatic heterocycles. The van der Waals surface area contributed by atoms with Gasteiger partial charge in [0, 0.05) is 80.7 Å². The van der Waals surface area contributed by atoms with Crippen molar-refractivity contribution in [3.8, 4) is 67.5 Å². The van der Waals surface area contributed by atoms with Gasteiger partial charge in [0.2, 0.25) is 0 Å². The molecular formula is C84H86N7O7+3. The smallest absolute Gasteiger partial charge is 0.343 e. The van der Waals surface area contributed by atoms with Gasteiger partial charge in [0.05, 0.1) is 109 Å². The Hall–Kier alpha value is -10.8. The molecule has 14 nitrogen and oxygen atoms in total. The molecule has 7 aromatic carbocycles. The zero-order chi connectivity index (χ0) is 68.9. The summed E-state index contributed by atoms with van der Waals surface area (Å²) >= 11 is 0. The number of esters is 3. The Bertz CT molecular complexity index is 4680. The molecule has 10 aromatic rings. The van der Waals surface area contributed by atoms with Crippen molar-refractivity contribution in [2.45, 2.75) is 64.9 Å². The maximum Gasteiger partial charge on any atom is 0.343 e. The lowest BCUT2D eigenvalue weighted by molar-refractivity contribution is 0.0725. The second kappa shape index (κ2) is 28.5. The van der Waals surface area contributed by atoms with Crippen molar-refractivity contribution >= 4 is 81.3 Å². The minimum Gasteiger partial charge on any atom is -0.490 e. The molecule has 496 valence electrons. The predicted octanol–water partition coefficient (Wildman–Crippen LogP) is 19.1. The second-order valence-corrected chi connectivity index (χ2v) is 27.8. The third-order valence-electron chi connectivity index (χ3n) is 17.9. The van der Waals surface area contributed by atoms with E-state index in [2.05, 4.69) is 130 Å². The predicted molar refractivity (Wildman–Crippen MR) is 402 cm³/mol. The summed E-state index contributed by atoms with van der Waals surface area (Å²) in [6.45, 7) is 4.45. The maximum atomic E-state index is 13.9. The van der Waals surface area contributed by atoms with Crippen molar-refractivity contribution < 1.29 is 33.3 Å². The molecule has 5 heterocycles. The first-order valence-electron chi connectivity index (χ1n) is 33.7. The topological polar surface area (TPSA) is 145 Å². The molecule has 12 rings (SSSR count). The summed E-state index contributed by atoms with van der Waals surface area (Å²) in [4.78, 5) is 60.3. The Balaban J connectivity index is 1.02. The molecule has 98 heavy (non-hydrogen) atoms. The highest BCUT2D eigenvalue weighted by atomic mass is 16.5. The molecule has 2 aliphatic rings. The first-order valence-corrected chi connectivity index (χ1v) is 33.7. The minimum atomic E-state index is -0.490. The summed E-state index contributed by atoms with van der Waals surface area (Å²) < 4.78 is 26.4. The number of aromatic amines is 2. The van der Waals surface area contributed by atoms with Gasteiger partial charge in [-0.05, 0) is 175 Å². The SMILES string of the molecule is CCCCCCC(CCC)Oc1ccc(-c2c3nc(c(-c4ccc(C(=O)Oc5ccc([N+](C)(C)C)cc5)cc4)c4ccc([nH]4)c(-c4ccc(C(=O)Oc5ccc([N+](C)(C)C)cc5)cc4)c4nc(c(-c5ccc(C(=O)Oc6ccc([N+](C)(C)C)cc6)cc5)c5ccc2[nH]5)C=C4)C=C3)cc1. The number of nitrogens with one attached hydrogen (secondary N) is 2. The van der Waals surface area contributed by atoms with Crippen LogP contribution in [0.25, 0.3) is 90.9 Å². The highest BCUT2D eigenvalue weighted by molar-refractivity contribution is 6.02. The number of quaternary nitrogens is 3. The Kier molecular flexibility index (Phi) is 19.6. The number of fused-ring (bicyclic) bond motifs is 8. The number of ether oxygens (including phenoxy) is 4. The van der Waals surface area contributed by atoms with Gasteiger partial charge in [-0.1, -0.05) is 88.1 Å². The number of hydrogen-bond acceptors (Lipinski definition) is 9. The highest BCUT2D eigenvalue weighted by Gasteiger charge is 2.24. The zero-order valence-corrected chi connectivity index (χ0v) is 57.9. The van der Waals surface area contributed by atoms with E-state index in [1.54, 1.807) is 36.4 Å². The number of rotatable bonds is 22. The van der Waals surface area contributed by atoms with E-state index in [1.807, 2.05) is 140 Å². The van der Waals surface area contributed by atoms with Crippen LogP contribution >= 0.6 is 0 Å². The fourth-order valence-corrected chi connectivity index (χ4v) is 12.4. The van der Waals surface area contributed by atoms with E-state index in [1.165, 1.54) is 19.3 Å². The van der Waals surface area contributed by atoms with Crippen molar-refractivity contribution in [1.82, 2.24) is 33.4 Å². The molecular weight excluding hydrogens is 1220 g/mol. The minimum absolute atomic E-state index is 0.118. The molecule has 3 aromatic heterocycles. The van der Waals surface area contributed by atoms with Gasteiger partial charge in [-0.2, -0.15) is 0 Å². The molecule has 1 atom stereocenters. The van der Waals surface area contributed by atoms with E-state index < -0.39 is 17.9 Å². The summed E-state index contributed by atoms with van der Waals surface area (Å²) in [5, 5.41) is 0. The van der Waals surface area contributed by atoms with Crippen LogP contribution in [0.1, 0.15) is 113 Å². The Labute approximate surface area is 574 Å². The largest absolute Gasteiger partial charge is 0.490 e. The molecule has 14 heteroatoms. The van der Waals surface area contributed by atoms with Crippen LogP contribution in [0.4, 0.5) is 17.1 Å². The normalized spacial score (nSPS) is 12.5. The summed E-state index contributed by atoms with van der Waals surface area (Å²) in [6.07, 6.45) is 16.0. The first kappa shape index (κ1) is 67.2. The Morgan fingerprint density at radius 3 is 0.898 bits per heavy atom. The van der Waals surface area contributed by atoms with Crippen molar-refractivity contribution in [3.63, 3.8) is 0 Å². The lowest BCUT2D eigenvalue weighted by Crippen LogP contribution is -2.34. The van der Waals surface area contributed by atoms with Gasteiger partial charge in [0.1, 0.15) is 40.1 Å². The first-order chi connectivity index (χ1) is 47.1. The highest BCUT2D eigenvalue weighted by Crippen LogP contribution is 2.40. The Morgan fingerprint density at radius 2 is 0.622 bits per heavy atom. The number of benzene rings is 7. The zero-order valence-electron chi connectivity index (χ0n) is 57.9. The van der Waals surface area contributed by atoms with Crippen molar-refractivity contribution in [3.05, 3.63) is 234 Å². The fraction of sp³-hybridized carbons (Fsp3) is 0.226. The van der Waals surface area contributed by atoms with Crippen LogP contribution in [0.5, 0.6) is 23.0 Å². The van der Waals surface area contributed by atoms with Crippen molar-refractivity contribution in [1.29, 1.82) is 0 Å². The molecule has 0 fully saturated rings. The number of aromatic nitrogens is 4. The molecule has 0 aliphatic carbocycles. The van der Waals surface area contributed by atoms with E-state index in [0.717, 1.165) is 115 Å². The number of carbonyl (C=O) groups is 3. The molecule has 0 saturated carbocycles. The van der Waals surface area contributed by atoms with E-state index in [-0.39, 0.29) is 6.10 Å². The van der Waals surface area contributed by atoms with E-state index >= 15 is 0 Å². The molecule has 0 amide bonds. The van der Waals surface area contributed by atoms with Gasteiger partial charge in [-0.15, -0.1) is 0 Å². The lowest BCUT2D eigenvalue weighted by atomic mass is 10.0. The van der Waals surface area contributed by atoms with Gasteiger partial charge in [0.15, 0.2) is 0 Å². The van der Waals surface area contributed by atoms with Crippen LogP contribution in [0.15, 0.2) is 194 Å². The average molecular weight is 1310 g/mol. The maximum absolute atomic E-state index is 13.9. The molecule has 0 spiro atoms. The lowest BCUT2D eigenvalue weighted by Gasteiger charge is -2.23. The quantitative estimate of drug-likeness (QED) is 0.0293. The van der Waals surface area contributed by atoms with Crippen LogP contribution in [0.3, 0.4) is 0 Å². The van der Waals surface area contributed by atoms with Crippen LogP contribution in [0.2, 0.25) is 0 Å². The summed E-state index contributed by atoms with van der Waals surface area (Å²) in [5.41, 5.74) is 16.6. The third kappa shape index (κ3) is 15.4. The van der Waals surface area contributed by atoms with Gasteiger partial charge < -0.3 is 28.9 Å². The van der Waals surface area contributed by atoms with Crippen LogP contribution in [0, 0.1) is 0 Å². The van der Waals surface area contributed by atoms with Crippen molar-refractivity contribution in [2.75, 3.05) is 63.4 Å². The number of H-pyrrole nitrogens is 2. The van der Waals surface area contributed by atoms with E-state index in [9.17, 15) is 14.4 Å². The molecule has 0 radical (unpaired) electrons. The van der Waals surface area contributed by atoms with Crippen LogP contribution < -0.4 is 32.4 Å². The van der Waals surface area contributed by atoms with Gasteiger partial charge >= 0.3 is 17.9 Å². The molecule has 8 bridgehead atoms. The number of hydrogen-bond donors (Lipinski definition) is 2. The molecule has 1 unspecified atom stereocenters. The Morgan fingerprint density at radius 1 is 0.337 bits per heavy atom. The van der Waals surface area contributed by atoms with E-state index in [4.69, 9.17) is 28.9 Å². The summed E-state index contributed by atoms with van der Waals surface area (Å²) in [5.74, 6) is 0.711. The monoisotopic (exact) mass is 1300 g/mol. The van der Waals surface area contributed by atoms with Gasteiger partial charge in [0.25, 0.3) is 0 Å². The molecule has 2 N–H and O–H groups in total. The average Bonchev–Trinajstić information content (AvgIpc) is 1.62. The van der Waals surface area contributed by atoms with Crippen LogP contribution in [-0.4, -0.2) is 107 Å². The number of unbranched alkanes of at least 4 members (excludes halogenated alkanes) is 3. The van der Waals surface area contributed by atoms with Crippen molar-refractivity contribution in [2.24, 2.45) is 0 Å². The van der Waals surface area contributed by atoms with E-state index in [0.29, 0.717) is 70.2 Å². The third-order valence-corrected chi connectivity index (χ3v) is 17.9. The van der Waals surface area contributed by atoms with Gasteiger partial charge in [-0.25, -0.2) is 24.4 Å². The van der Waals surface area contributed by atoms with Gasteiger partial charge in [-0.3, -0.25) is 13.4 Å².